The zero-order chi connectivity index (χ0) is 17.5. The molecule has 0 spiro atoms. The van der Waals surface area contributed by atoms with Crippen molar-refractivity contribution in [2.45, 2.75) is 0 Å². The fourth-order valence-corrected chi connectivity index (χ4v) is 2.09. The number of benzene rings is 2. The van der Waals surface area contributed by atoms with Gasteiger partial charge < -0.3 is 4.74 Å². The molecular weight excluding hydrogens is 402 g/mol. The van der Waals surface area contributed by atoms with Crippen LogP contribution in [0.1, 0.15) is 5.56 Å². The maximum absolute atomic E-state index is 11.6. The van der Waals surface area contributed by atoms with Crippen LogP contribution in [0.3, 0.4) is 0 Å². The van der Waals surface area contributed by atoms with E-state index in [1.165, 1.54) is 18.3 Å². The van der Waals surface area contributed by atoms with E-state index in [2.05, 4.69) is 26.5 Å². The molecule has 0 aliphatic carbocycles. The summed E-state index contributed by atoms with van der Waals surface area (Å²) in [5.41, 5.74) is 2.47. The topological polar surface area (TPSA) is 93.8 Å². The highest BCUT2D eigenvalue weighted by Crippen LogP contribution is 2.24. The number of carbonyl (C=O) groups excluding carboxylic acids is 1. The van der Waals surface area contributed by atoms with Crippen LogP contribution in [-0.2, 0) is 4.79 Å². The Morgan fingerprint density at radius 1 is 1.33 bits per heavy atom. The zero-order valence-electron chi connectivity index (χ0n) is 12.1. The lowest BCUT2D eigenvalue weighted by molar-refractivity contribution is -0.384. The van der Waals surface area contributed by atoms with Crippen LogP contribution >= 0.6 is 27.5 Å². The minimum Gasteiger partial charge on any atom is -0.484 e. The number of ether oxygens (including phenoxy) is 1. The number of hydrogen-bond donors (Lipinski definition) is 1. The van der Waals surface area contributed by atoms with Gasteiger partial charge in [-0.15, -0.1) is 0 Å². The van der Waals surface area contributed by atoms with E-state index in [1.807, 2.05) is 0 Å². The molecule has 9 heteroatoms. The molecule has 1 N–H and O–H groups in total. The van der Waals surface area contributed by atoms with Crippen LogP contribution in [0.4, 0.5) is 5.69 Å². The first-order chi connectivity index (χ1) is 11.5. The van der Waals surface area contributed by atoms with Crippen LogP contribution in [0.2, 0.25) is 5.02 Å². The lowest BCUT2D eigenvalue weighted by Crippen LogP contribution is -2.24. The molecule has 0 saturated heterocycles. The van der Waals surface area contributed by atoms with E-state index in [9.17, 15) is 14.9 Å². The summed E-state index contributed by atoms with van der Waals surface area (Å²) in [6.07, 6.45) is 1.28. The van der Waals surface area contributed by atoms with Crippen molar-refractivity contribution in [3.05, 3.63) is 67.6 Å². The van der Waals surface area contributed by atoms with Crippen molar-refractivity contribution in [2.24, 2.45) is 5.10 Å². The van der Waals surface area contributed by atoms with Crippen molar-refractivity contribution in [3.8, 4) is 5.75 Å². The van der Waals surface area contributed by atoms with Gasteiger partial charge in [-0.05, 0) is 30.3 Å². The molecule has 124 valence electrons. The van der Waals surface area contributed by atoms with Crippen LogP contribution in [0, 0.1) is 10.1 Å². The summed E-state index contributed by atoms with van der Waals surface area (Å²) in [4.78, 5) is 21.8. The van der Waals surface area contributed by atoms with E-state index in [4.69, 9.17) is 16.3 Å². The maximum Gasteiger partial charge on any atom is 0.288 e. The van der Waals surface area contributed by atoms with Gasteiger partial charge in [0, 0.05) is 16.1 Å². The van der Waals surface area contributed by atoms with Crippen molar-refractivity contribution in [1.82, 2.24) is 5.43 Å². The molecule has 0 aromatic heterocycles. The van der Waals surface area contributed by atoms with Crippen LogP contribution in [0.15, 0.2) is 52.0 Å². The van der Waals surface area contributed by atoms with E-state index < -0.39 is 10.8 Å². The summed E-state index contributed by atoms with van der Waals surface area (Å²) < 4.78 is 6.18. The first kappa shape index (κ1) is 17.9. The lowest BCUT2D eigenvalue weighted by Gasteiger charge is -2.04. The summed E-state index contributed by atoms with van der Waals surface area (Å²) in [6, 6.07) is 11.2. The molecule has 2 aromatic carbocycles. The number of hydrogen-bond acceptors (Lipinski definition) is 5. The second-order valence-corrected chi connectivity index (χ2v) is 5.83. The minimum absolute atomic E-state index is 0.0316. The fourth-order valence-electron chi connectivity index (χ4n) is 1.64. The van der Waals surface area contributed by atoms with Crippen molar-refractivity contribution in [3.63, 3.8) is 0 Å². The van der Waals surface area contributed by atoms with E-state index in [-0.39, 0.29) is 17.3 Å². The first-order valence-corrected chi connectivity index (χ1v) is 7.77. The number of nitro groups is 1. The summed E-state index contributed by atoms with van der Waals surface area (Å²) in [7, 11) is 0. The smallest absolute Gasteiger partial charge is 0.288 e. The van der Waals surface area contributed by atoms with Crippen molar-refractivity contribution in [2.75, 3.05) is 6.61 Å². The largest absolute Gasteiger partial charge is 0.484 e. The second kappa shape index (κ2) is 8.42. The number of nitro benzene ring substituents is 1. The Balaban J connectivity index is 1.87. The van der Waals surface area contributed by atoms with Gasteiger partial charge in [-0.1, -0.05) is 33.6 Å². The number of nitrogens with zero attached hydrogens (tertiary/aromatic N) is 2. The number of rotatable bonds is 6. The van der Waals surface area contributed by atoms with Crippen LogP contribution < -0.4 is 10.2 Å². The summed E-state index contributed by atoms with van der Waals surface area (Å²) in [6.45, 7) is -0.209. The number of halogens is 2. The van der Waals surface area contributed by atoms with Gasteiger partial charge in [0.15, 0.2) is 6.61 Å². The van der Waals surface area contributed by atoms with Crippen molar-refractivity contribution in [1.29, 1.82) is 0 Å². The number of amides is 1. The van der Waals surface area contributed by atoms with E-state index >= 15 is 0 Å². The molecule has 0 saturated carbocycles. The van der Waals surface area contributed by atoms with Crippen LogP contribution in [-0.4, -0.2) is 23.7 Å². The molecule has 0 radical (unpaired) electrons. The third-order valence-electron chi connectivity index (χ3n) is 2.75. The van der Waals surface area contributed by atoms with Gasteiger partial charge in [0.2, 0.25) is 0 Å². The normalized spacial score (nSPS) is 10.6. The molecule has 0 atom stereocenters. The van der Waals surface area contributed by atoms with Gasteiger partial charge in [0.1, 0.15) is 10.8 Å². The van der Waals surface area contributed by atoms with Gasteiger partial charge in [-0.3, -0.25) is 14.9 Å². The predicted octanol–water partition coefficient (Wildman–Crippen LogP) is 3.54. The third-order valence-corrected chi connectivity index (χ3v) is 3.60. The number of nitrogens with one attached hydrogen (secondary N) is 1. The van der Waals surface area contributed by atoms with Crippen LogP contribution in [0.5, 0.6) is 5.75 Å². The Hall–Kier alpha value is -2.45. The third kappa shape index (κ3) is 5.32. The second-order valence-electron chi connectivity index (χ2n) is 4.50. The summed E-state index contributed by atoms with van der Waals surface area (Å²) >= 11 is 9.01. The molecule has 1 amide bonds. The highest BCUT2D eigenvalue weighted by atomic mass is 79.9. The van der Waals surface area contributed by atoms with E-state index in [1.54, 1.807) is 30.3 Å². The van der Waals surface area contributed by atoms with Crippen LogP contribution in [0.25, 0.3) is 0 Å². The molecule has 0 fully saturated rings. The van der Waals surface area contributed by atoms with E-state index in [0.29, 0.717) is 11.3 Å². The van der Waals surface area contributed by atoms with Gasteiger partial charge in [0.05, 0.1) is 11.1 Å². The van der Waals surface area contributed by atoms with Gasteiger partial charge in [-0.2, -0.15) is 5.10 Å². The van der Waals surface area contributed by atoms with Gasteiger partial charge in [0.25, 0.3) is 11.6 Å². The predicted molar refractivity (Wildman–Crippen MR) is 93.5 cm³/mol. The summed E-state index contributed by atoms with van der Waals surface area (Å²) in [5.74, 6) is 0.0864. The van der Waals surface area contributed by atoms with E-state index in [0.717, 1.165) is 4.47 Å². The lowest BCUT2D eigenvalue weighted by atomic mass is 10.2. The molecule has 24 heavy (non-hydrogen) atoms. The molecule has 0 bridgehead atoms. The number of hydrazone groups is 1. The van der Waals surface area contributed by atoms with Crippen molar-refractivity contribution >= 4 is 45.3 Å². The molecule has 0 aliphatic heterocycles. The molecule has 7 nitrogen and oxygen atoms in total. The summed E-state index contributed by atoms with van der Waals surface area (Å²) in [5, 5.41) is 14.5. The Morgan fingerprint density at radius 3 is 2.71 bits per heavy atom. The Labute approximate surface area is 150 Å². The molecule has 0 heterocycles. The Morgan fingerprint density at radius 2 is 2.04 bits per heavy atom. The number of carbonyl (C=O) groups is 1. The molecule has 2 aromatic rings. The van der Waals surface area contributed by atoms with Crippen molar-refractivity contribution < 1.29 is 14.5 Å². The first-order valence-electron chi connectivity index (χ1n) is 6.60. The minimum atomic E-state index is -0.593. The SMILES string of the molecule is O=C(COc1ccc(Br)cc1)N/N=C\c1ccc(Cl)c([N+](=O)[O-])c1. The molecule has 0 unspecified atom stereocenters. The maximum atomic E-state index is 11.6. The highest BCUT2D eigenvalue weighted by molar-refractivity contribution is 9.10. The standard InChI is InChI=1S/C15H11BrClN3O4/c16-11-2-4-12(5-3-11)24-9-15(21)19-18-8-10-1-6-13(17)14(7-10)20(22)23/h1-8H,9H2,(H,19,21)/b18-8-. The Bertz CT molecular complexity index is 781. The zero-order valence-corrected chi connectivity index (χ0v) is 14.5. The molecular formula is C15H11BrClN3O4. The van der Waals surface area contributed by atoms with Gasteiger partial charge in [-0.25, -0.2) is 5.43 Å². The monoisotopic (exact) mass is 411 g/mol. The van der Waals surface area contributed by atoms with Gasteiger partial charge >= 0.3 is 0 Å². The quantitative estimate of drug-likeness (QED) is 0.446. The Kier molecular flexibility index (Phi) is 6.28. The average molecular weight is 413 g/mol. The highest BCUT2D eigenvalue weighted by Gasteiger charge is 2.11. The fraction of sp³-hybridized carbons (Fsp3) is 0.0667. The molecule has 0 aliphatic rings. The average Bonchev–Trinajstić information content (AvgIpc) is 2.55. The molecule has 2 rings (SSSR count).